The van der Waals surface area contributed by atoms with Crippen molar-refractivity contribution in [1.82, 2.24) is 4.98 Å². The Morgan fingerprint density at radius 1 is 0.463 bits per heavy atom. The summed E-state index contributed by atoms with van der Waals surface area (Å²) in [5, 5.41) is 4.39. The van der Waals surface area contributed by atoms with Gasteiger partial charge in [0.2, 0.25) is 5.89 Å². The molecule has 256 valence electrons. The minimum atomic E-state index is -0.0726. The first-order chi connectivity index (χ1) is 26.5. The SMILES string of the molecule is CC1(C)c2ccccc2-c2cc(N(c3ccc(-c4cc5ccccc5c5oc(-c6ccccc6)nc45)cc3)c3ccc4c(c3)oc3ccccc34)ccc21. The standard InChI is InChI=1S/C50H34N2O2/c1-50(2)43-18-10-8-16-38(43)42-29-35(25-27-44(42)50)52(36-24-26-40-39-17-9-11-19-45(39)53-46(40)30-36)34-22-20-31(21-23-34)41-28-33-14-6-7-15-37(33)48-47(41)51-49(54-48)32-12-4-3-5-13-32/h3-30H,1-2H3. The Hall–Kier alpha value is -6.91. The molecule has 2 heterocycles. The molecule has 4 heteroatoms. The third-order valence-corrected chi connectivity index (χ3v) is 11.3. The molecule has 1 aliphatic rings. The van der Waals surface area contributed by atoms with Crippen LogP contribution in [0.3, 0.4) is 0 Å². The van der Waals surface area contributed by atoms with Crippen LogP contribution in [0.15, 0.2) is 179 Å². The fourth-order valence-corrected chi connectivity index (χ4v) is 8.60. The van der Waals surface area contributed by atoms with Gasteiger partial charge in [0.15, 0.2) is 5.58 Å². The van der Waals surface area contributed by atoms with E-state index in [1.54, 1.807) is 0 Å². The number of benzene rings is 8. The summed E-state index contributed by atoms with van der Waals surface area (Å²) in [6.07, 6.45) is 0. The molecule has 4 nitrogen and oxygen atoms in total. The van der Waals surface area contributed by atoms with E-state index in [2.05, 4.69) is 146 Å². The van der Waals surface area contributed by atoms with Gasteiger partial charge in [0, 0.05) is 55.8 Å². The highest BCUT2D eigenvalue weighted by molar-refractivity contribution is 6.10. The number of anilines is 3. The zero-order valence-electron chi connectivity index (χ0n) is 29.9. The van der Waals surface area contributed by atoms with Crippen molar-refractivity contribution >= 4 is 60.9 Å². The van der Waals surface area contributed by atoms with Crippen molar-refractivity contribution in [2.75, 3.05) is 4.90 Å². The van der Waals surface area contributed by atoms with Crippen molar-refractivity contribution < 1.29 is 8.83 Å². The minimum absolute atomic E-state index is 0.0726. The van der Waals surface area contributed by atoms with Crippen LogP contribution in [-0.4, -0.2) is 4.98 Å². The number of hydrogen-bond donors (Lipinski definition) is 0. The summed E-state index contributed by atoms with van der Waals surface area (Å²) >= 11 is 0. The lowest BCUT2D eigenvalue weighted by Gasteiger charge is -2.27. The molecule has 2 aromatic heterocycles. The largest absolute Gasteiger partial charge is 0.456 e. The van der Waals surface area contributed by atoms with Crippen molar-refractivity contribution in [3.63, 3.8) is 0 Å². The quantitative estimate of drug-likeness (QED) is 0.180. The minimum Gasteiger partial charge on any atom is -0.456 e. The molecule has 0 saturated heterocycles. The smallest absolute Gasteiger partial charge is 0.227 e. The molecule has 8 aromatic carbocycles. The highest BCUT2D eigenvalue weighted by Crippen LogP contribution is 2.51. The number of para-hydroxylation sites is 1. The molecule has 0 aliphatic heterocycles. The van der Waals surface area contributed by atoms with Crippen molar-refractivity contribution in [3.8, 4) is 33.7 Å². The van der Waals surface area contributed by atoms with Gasteiger partial charge in [-0.2, -0.15) is 0 Å². The van der Waals surface area contributed by atoms with E-state index in [1.807, 2.05) is 42.5 Å². The molecular weight excluding hydrogens is 661 g/mol. The van der Waals surface area contributed by atoms with Gasteiger partial charge in [0.25, 0.3) is 0 Å². The molecule has 54 heavy (non-hydrogen) atoms. The molecule has 0 unspecified atom stereocenters. The Labute approximate surface area is 312 Å². The number of nitrogens with zero attached hydrogens (tertiary/aromatic N) is 2. The van der Waals surface area contributed by atoms with Gasteiger partial charge < -0.3 is 13.7 Å². The summed E-state index contributed by atoms with van der Waals surface area (Å²) in [5.74, 6) is 0.619. The molecule has 11 rings (SSSR count). The van der Waals surface area contributed by atoms with Crippen LogP contribution in [0.25, 0.3) is 77.5 Å². The molecule has 1 aliphatic carbocycles. The molecule has 0 N–H and O–H groups in total. The summed E-state index contributed by atoms with van der Waals surface area (Å²) in [6, 6.07) is 60.1. The first-order valence-electron chi connectivity index (χ1n) is 18.5. The predicted octanol–water partition coefficient (Wildman–Crippen LogP) is 14.0. The summed E-state index contributed by atoms with van der Waals surface area (Å²) in [5.41, 5.74) is 14.8. The molecule has 0 atom stereocenters. The van der Waals surface area contributed by atoms with E-state index in [4.69, 9.17) is 13.8 Å². The van der Waals surface area contributed by atoms with E-state index in [0.717, 1.165) is 77.6 Å². The van der Waals surface area contributed by atoms with Gasteiger partial charge in [-0.25, -0.2) is 4.98 Å². The number of rotatable bonds is 5. The maximum Gasteiger partial charge on any atom is 0.227 e. The second kappa shape index (κ2) is 11.5. The molecule has 0 radical (unpaired) electrons. The van der Waals surface area contributed by atoms with Gasteiger partial charge in [-0.3, -0.25) is 0 Å². The van der Waals surface area contributed by atoms with Crippen molar-refractivity contribution in [2.24, 2.45) is 0 Å². The highest BCUT2D eigenvalue weighted by Gasteiger charge is 2.35. The zero-order valence-corrected chi connectivity index (χ0v) is 29.9. The summed E-state index contributed by atoms with van der Waals surface area (Å²) in [6.45, 7) is 4.65. The average molecular weight is 695 g/mol. The van der Waals surface area contributed by atoms with Crippen LogP contribution in [0.2, 0.25) is 0 Å². The lowest BCUT2D eigenvalue weighted by Crippen LogP contribution is -2.15. The molecule has 10 aromatic rings. The van der Waals surface area contributed by atoms with Gasteiger partial charge in [-0.05, 0) is 93.9 Å². The van der Waals surface area contributed by atoms with E-state index < -0.39 is 0 Å². The number of aromatic nitrogens is 1. The van der Waals surface area contributed by atoms with Crippen LogP contribution in [0.1, 0.15) is 25.0 Å². The van der Waals surface area contributed by atoms with E-state index in [9.17, 15) is 0 Å². The third kappa shape index (κ3) is 4.60. The summed E-state index contributed by atoms with van der Waals surface area (Å²) in [4.78, 5) is 7.42. The molecule has 0 fully saturated rings. The lowest BCUT2D eigenvalue weighted by molar-refractivity contribution is 0.623. The van der Waals surface area contributed by atoms with Gasteiger partial charge in [0.1, 0.15) is 16.7 Å². The Balaban J connectivity index is 1.08. The van der Waals surface area contributed by atoms with Crippen LogP contribution in [0.4, 0.5) is 17.1 Å². The molecule has 0 saturated carbocycles. The van der Waals surface area contributed by atoms with Gasteiger partial charge in [-0.15, -0.1) is 0 Å². The van der Waals surface area contributed by atoms with Gasteiger partial charge >= 0.3 is 0 Å². The van der Waals surface area contributed by atoms with Crippen molar-refractivity contribution in [2.45, 2.75) is 19.3 Å². The summed E-state index contributed by atoms with van der Waals surface area (Å²) in [7, 11) is 0. The lowest BCUT2D eigenvalue weighted by atomic mass is 9.82. The van der Waals surface area contributed by atoms with Gasteiger partial charge in [-0.1, -0.05) is 117 Å². The van der Waals surface area contributed by atoms with Crippen molar-refractivity contribution in [3.05, 3.63) is 181 Å². The first-order valence-corrected chi connectivity index (χ1v) is 18.5. The van der Waals surface area contributed by atoms with E-state index in [1.165, 1.54) is 22.3 Å². The van der Waals surface area contributed by atoms with Gasteiger partial charge in [0.05, 0.1) is 0 Å². The van der Waals surface area contributed by atoms with Crippen molar-refractivity contribution in [1.29, 1.82) is 0 Å². The predicted molar refractivity (Wildman–Crippen MR) is 222 cm³/mol. The Kier molecular flexibility index (Phi) is 6.56. The Morgan fingerprint density at radius 3 is 2.00 bits per heavy atom. The molecule has 0 amide bonds. The van der Waals surface area contributed by atoms with Crippen LogP contribution in [0.5, 0.6) is 0 Å². The molecule has 0 spiro atoms. The fourth-order valence-electron chi connectivity index (χ4n) is 8.60. The van der Waals surface area contributed by atoms with E-state index in [0.29, 0.717) is 5.89 Å². The monoisotopic (exact) mass is 694 g/mol. The second-order valence-corrected chi connectivity index (χ2v) is 14.8. The van der Waals surface area contributed by atoms with Crippen LogP contribution < -0.4 is 4.90 Å². The van der Waals surface area contributed by atoms with E-state index in [-0.39, 0.29) is 5.41 Å². The molecule has 0 bridgehead atoms. The average Bonchev–Trinajstić information content (AvgIpc) is 3.89. The maximum atomic E-state index is 6.51. The number of hydrogen-bond acceptors (Lipinski definition) is 4. The highest BCUT2D eigenvalue weighted by atomic mass is 16.3. The number of fused-ring (bicyclic) bond motifs is 9. The third-order valence-electron chi connectivity index (χ3n) is 11.3. The normalized spacial score (nSPS) is 13.1. The van der Waals surface area contributed by atoms with Crippen LogP contribution in [-0.2, 0) is 5.41 Å². The number of oxazole rings is 1. The Morgan fingerprint density at radius 2 is 1.13 bits per heavy atom. The molecular formula is C50H34N2O2. The fraction of sp³-hybridized carbons (Fsp3) is 0.0600. The Bertz CT molecular complexity index is 3080. The van der Waals surface area contributed by atoms with Crippen LogP contribution in [0, 0.1) is 0 Å². The zero-order chi connectivity index (χ0) is 36.0. The van der Waals surface area contributed by atoms with Crippen LogP contribution >= 0.6 is 0 Å². The van der Waals surface area contributed by atoms with E-state index >= 15 is 0 Å². The second-order valence-electron chi connectivity index (χ2n) is 14.8. The summed E-state index contributed by atoms with van der Waals surface area (Å²) < 4.78 is 12.9. The first kappa shape index (κ1) is 30.7. The topological polar surface area (TPSA) is 42.4 Å². The number of furan rings is 1. The maximum absolute atomic E-state index is 6.51.